The molecule has 0 amide bonds. The maximum absolute atomic E-state index is 6.32. The number of piperidine rings is 1. The molecule has 0 aromatic carbocycles. The van der Waals surface area contributed by atoms with Crippen LogP contribution in [0.1, 0.15) is 65.7 Å². The summed E-state index contributed by atoms with van der Waals surface area (Å²) in [5, 5.41) is 0. The van der Waals surface area contributed by atoms with E-state index in [0.717, 1.165) is 19.6 Å². The lowest BCUT2D eigenvalue weighted by atomic mass is 9.79. The van der Waals surface area contributed by atoms with Gasteiger partial charge < -0.3 is 14.4 Å². The van der Waals surface area contributed by atoms with Gasteiger partial charge in [0, 0.05) is 12.5 Å². The van der Waals surface area contributed by atoms with Crippen molar-refractivity contribution in [2.75, 3.05) is 26.2 Å². The third-order valence-electron chi connectivity index (χ3n) is 6.04. The highest BCUT2D eigenvalue weighted by atomic mass is 16.7. The first-order valence-electron chi connectivity index (χ1n) is 10.4. The SMILES string of the molecule is CC(C)=CCCC1=CC[C@@H]([C@@H]2OC[C@H](CN3CCCCC3)O2)[C@@H](C)C1. The van der Waals surface area contributed by atoms with Gasteiger partial charge >= 0.3 is 0 Å². The zero-order chi connectivity index (χ0) is 17.6. The molecule has 0 radical (unpaired) electrons. The Balaban J connectivity index is 1.45. The van der Waals surface area contributed by atoms with Crippen molar-refractivity contribution in [2.24, 2.45) is 11.8 Å². The second-order valence-electron chi connectivity index (χ2n) is 8.58. The molecule has 0 aromatic rings. The predicted octanol–water partition coefficient (Wildman–Crippen LogP) is 4.93. The number of nitrogens with zero attached hydrogens (tertiary/aromatic N) is 1. The van der Waals surface area contributed by atoms with Gasteiger partial charge in [-0.25, -0.2) is 0 Å². The molecule has 2 fully saturated rings. The minimum atomic E-state index is 0.0142. The maximum atomic E-state index is 6.32. The Labute approximate surface area is 154 Å². The second-order valence-corrected chi connectivity index (χ2v) is 8.58. The van der Waals surface area contributed by atoms with Crippen LogP contribution in [0.25, 0.3) is 0 Å². The summed E-state index contributed by atoms with van der Waals surface area (Å²) in [6.07, 6.45) is 13.9. The van der Waals surface area contributed by atoms with E-state index in [4.69, 9.17) is 9.47 Å². The van der Waals surface area contributed by atoms with E-state index in [0.29, 0.717) is 11.8 Å². The maximum Gasteiger partial charge on any atom is 0.161 e. The van der Waals surface area contributed by atoms with Gasteiger partial charge in [0.05, 0.1) is 12.7 Å². The van der Waals surface area contributed by atoms with Crippen LogP contribution < -0.4 is 0 Å². The smallest absolute Gasteiger partial charge is 0.161 e. The van der Waals surface area contributed by atoms with Crippen LogP contribution >= 0.6 is 0 Å². The minimum Gasteiger partial charge on any atom is -0.350 e. The van der Waals surface area contributed by atoms with Crippen molar-refractivity contribution in [1.29, 1.82) is 0 Å². The zero-order valence-corrected chi connectivity index (χ0v) is 16.5. The highest BCUT2D eigenvalue weighted by Gasteiger charge is 2.37. The van der Waals surface area contributed by atoms with Crippen LogP contribution in [-0.2, 0) is 9.47 Å². The predicted molar refractivity (Wildman–Crippen MR) is 104 cm³/mol. The number of likely N-dealkylation sites (tertiary alicyclic amines) is 1. The summed E-state index contributed by atoms with van der Waals surface area (Å²) in [4.78, 5) is 2.56. The van der Waals surface area contributed by atoms with Crippen molar-refractivity contribution in [2.45, 2.75) is 78.1 Å². The Bertz CT molecular complexity index is 474. The Morgan fingerprint density at radius 2 is 2.04 bits per heavy atom. The summed E-state index contributed by atoms with van der Waals surface area (Å²) in [7, 11) is 0. The lowest BCUT2D eigenvalue weighted by Crippen LogP contribution is -2.38. The fraction of sp³-hybridized carbons (Fsp3) is 0.818. The monoisotopic (exact) mass is 347 g/mol. The van der Waals surface area contributed by atoms with Crippen molar-refractivity contribution in [3.63, 3.8) is 0 Å². The van der Waals surface area contributed by atoms with Gasteiger partial charge in [-0.2, -0.15) is 0 Å². The molecule has 3 heteroatoms. The Kier molecular flexibility index (Phi) is 7.15. The summed E-state index contributed by atoms with van der Waals surface area (Å²) >= 11 is 0. The molecule has 142 valence electrons. The summed E-state index contributed by atoms with van der Waals surface area (Å²) in [6, 6.07) is 0. The zero-order valence-electron chi connectivity index (χ0n) is 16.5. The van der Waals surface area contributed by atoms with Gasteiger partial charge in [0.25, 0.3) is 0 Å². The summed E-state index contributed by atoms with van der Waals surface area (Å²) < 4.78 is 12.4. The molecule has 0 bridgehead atoms. The van der Waals surface area contributed by atoms with E-state index < -0.39 is 0 Å². The van der Waals surface area contributed by atoms with Gasteiger partial charge in [0.15, 0.2) is 6.29 Å². The molecular formula is C22H37NO2. The number of allylic oxidation sites excluding steroid dienone is 4. The van der Waals surface area contributed by atoms with Crippen molar-refractivity contribution in [3.05, 3.63) is 23.3 Å². The topological polar surface area (TPSA) is 21.7 Å². The third kappa shape index (κ3) is 5.67. The summed E-state index contributed by atoms with van der Waals surface area (Å²) in [5.41, 5.74) is 3.05. The highest BCUT2D eigenvalue weighted by molar-refractivity contribution is 5.10. The Morgan fingerprint density at radius 1 is 1.24 bits per heavy atom. The molecule has 0 aromatic heterocycles. The van der Waals surface area contributed by atoms with Crippen LogP contribution in [0.4, 0.5) is 0 Å². The summed E-state index contributed by atoms with van der Waals surface area (Å²) in [5.74, 6) is 1.18. The molecule has 2 aliphatic heterocycles. The van der Waals surface area contributed by atoms with Gasteiger partial charge in [-0.05, 0) is 71.4 Å². The molecule has 2 heterocycles. The Hall–Kier alpha value is -0.640. The molecule has 0 unspecified atom stereocenters. The van der Waals surface area contributed by atoms with Crippen LogP contribution in [0.5, 0.6) is 0 Å². The lowest BCUT2D eigenvalue weighted by Gasteiger charge is -2.32. The number of rotatable bonds is 6. The molecule has 3 nitrogen and oxygen atoms in total. The molecule has 0 saturated carbocycles. The van der Waals surface area contributed by atoms with Crippen LogP contribution in [-0.4, -0.2) is 43.5 Å². The van der Waals surface area contributed by atoms with Crippen LogP contribution in [0.2, 0.25) is 0 Å². The number of ether oxygens (including phenoxy) is 2. The van der Waals surface area contributed by atoms with Gasteiger partial charge in [0.2, 0.25) is 0 Å². The minimum absolute atomic E-state index is 0.0142. The van der Waals surface area contributed by atoms with E-state index in [-0.39, 0.29) is 12.4 Å². The molecule has 0 spiro atoms. The number of hydrogen-bond acceptors (Lipinski definition) is 3. The van der Waals surface area contributed by atoms with E-state index in [9.17, 15) is 0 Å². The Morgan fingerprint density at radius 3 is 2.76 bits per heavy atom. The molecular weight excluding hydrogens is 310 g/mol. The van der Waals surface area contributed by atoms with Crippen molar-refractivity contribution < 1.29 is 9.47 Å². The first-order valence-corrected chi connectivity index (χ1v) is 10.4. The van der Waals surface area contributed by atoms with Crippen molar-refractivity contribution in [1.82, 2.24) is 4.90 Å². The largest absolute Gasteiger partial charge is 0.350 e. The molecule has 4 atom stereocenters. The molecule has 3 aliphatic rings. The van der Waals surface area contributed by atoms with E-state index >= 15 is 0 Å². The first-order chi connectivity index (χ1) is 12.1. The van der Waals surface area contributed by atoms with Crippen molar-refractivity contribution >= 4 is 0 Å². The molecule has 2 saturated heterocycles. The number of hydrogen-bond donors (Lipinski definition) is 0. The molecule has 3 rings (SSSR count). The quantitative estimate of drug-likeness (QED) is 0.636. The van der Waals surface area contributed by atoms with Crippen LogP contribution in [0.15, 0.2) is 23.3 Å². The normalized spacial score (nSPS) is 34.0. The second kappa shape index (κ2) is 9.34. The fourth-order valence-electron chi connectivity index (χ4n) is 4.53. The van der Waals surface area contributed by atoms with E-state index in [1.165, 1.54) is 57.2 Å². The average molecular weight is 348 g/mol. The van der Waals surface area contributed by atoms with Crippen molar-refractivity contribution in [3.8, 4) is 0 Å². The van der Waals surface area contributed by atoms with Gasteiger partial charge in [0.1, 0.15) is 0 Å². The molecule has 25 heavy (non-hydrogen) atoms. The van der Waals surface area contributed by atoms with Gasteiger partial charge in [-0.3, -0.25) is 0 Å². The third-order valence-corrected chi connectivity index (χ3v) is 6.04. The van der Waals surface area contributed by atoms with Gasteiger partial charge in [-0.15, -0.1) is 0 Å². The standard InChI is InChI=1S/C22H37NO2/c1-17(2)8-7-9-19-10-11-21(18(3)14-19)22-24-16-20(25-22)15-23-12-5-4-6-13-23/h8,10,18,20-22H,4-7,9,11-16H2,1-3H3/t18-,20-,21+,22+/m0/s1. The van der Waals surface area contributed by atoms with E-state index in [1.54, 1.807) is 5.57 Å². The van der Waals surface area contributed by atoms with Crippen LogP contribution in [0, 0.1) is 11.8 Å². The van der Waals surface area contributed by atoms with E-state index in [2.05, 4.69) is 37.8 Å². The average Bonchev–Trinajstić information content (AvgIpc) is 3.04. The fourth-order valence-corrected chi connectivity index (χ4v) is 4.53. The van der Waals surface area contributed by atoms with Crippen LogP contribution in [0.3, 0.4) is 0 Å². The summed E-state index contributed by atoms with van der Waals surface area (Å²) in [6.45, 7) is 11.1. The highest BCUT2D eigenvalue weighted by Crippen LogP contribution is 2.37. The molecule has 1 aliphatic carbocycles. The lowest BCUT2D eigenvalue weighted by molar-refractivity contribution is -0.113. The van der Waals surface area contributed by atoms with E-state index in [1.807, 2.05) is 0 Å². The molecule has 0 N–H and O–H groups in total. The van der Waals surface area contributed by atoms with Gasteiger partial charge in [-0.1, -0.05) is 36.6 Å². The first kappa shape index (κ1) is 19.1.